The van der Waals surface area contributed by atoms with Crippen molar-refractivity contribution >= 4 is 22.6 Å². The van der Waals surface area contributed by atoms with Crippen molar-refractivity contribution in [1.82, 2.24) is 0 Å². The number of nitrogens with two attached hydrogens (primary N) is 1. The van der Waals surface area contributed by atoms with E-state index in [4.69, 9.17) is 19.6 Å². The molecule has 3 aromatic rings. The van der Waals surface area contributed by atoms with Crippen molar-refractivity contribution in [1.29, 1.82) is 5.26 Å². The molecule has 1 aromatic heterocycles. The number of hydrogen-bond donors (Lipinski definition) is 1. The minimum Gasteiger partial charge on any atom is -0.497 e. The van der Waals surface area contributed by atoms with Gasteiger partial charge < -0.3 is 24.5 Å². The van der Waals surface area contributed by atoms with E-state index in [-0.39, 0.29) is 28.4 Å². The predicted molar refractivity (Wildman–Crippen MR) is 107 cm³/mol. The lowest BCUT2D eigenvalue weighted by atomic mass is 9.69. The zero-order chi connectivity index (χ0) is 21.2. The van der Waals surface area contributed by atoms with Crippen LogP contribution in [0.25, 0.3) is 11.0 Å². The Bertz CT molecular complexity index is 1400. The minimum atomic E-state index is -1.80. The molecule has 148 valence electrons. The molecule has 0 radical (unpaired) electrons. The predicted octanol–water partition coefficient (Wildman–Crippen LogP) is 2.15. The first kappa shape index (κ1) is 17.8. The van der Waals surface area contributed by atoms with E-state index >= 15 is 0 Å². The number of rotatable bonds is 1. The molecular formula is C22H15N3O5. The molecule has 8 heteroatoms. The first-order chi connectivity index (χ1) is 14.4. The number of para-hydroxylation sites is 1. The molecule has 0 aliphatic carbocycles. The number of amides is 1. The number of nitriles is 1. The molecule has 3 heterocycles. The molecule has 8 nitrogen and oxygen atoms in total. The molecule has 2 aliphatic rings. The van der Waals surface area contributed by atoms with Gasteiger partial charge in [0, 0.05) is 18.3 Å². The van der Waals surface area contributed by atoms with Crippen LogP contribution in [0, 0.1) is 11.3 Å². The fourth-order valence-corrected chi connectivity index (χ4v) is 4.35. The summed E-state index contributed by atoms with van der Waals surface area (Å²) in [5, 5.41) is 10.4. The molecule has 1 spiro atoms. The van der Waals surface area contributed by atoms with E-state index in [1.54, 1.807) is 49.5 Å². The third-order valence-electron chi connectivity index (χ3n) is 5.68. The number of nitrogens with zero attached hydrogens (tertiary/aromatic N) is 2. The van der Waals surface area contributed by atoms with Crippen molar-refractivity contribution in [3.05, 3.63) is 75.5 Å². The SMILES string of the molecule is COc1ccc2c(c1)C1(C(=O)N2C)C(C#N)=C(N)Oc2c1c(=O)oc1ccccc21. The highest BCUT2D eigenvalue weighted by Crippen LogP contribution is 2.55. The van der Waals surface area contributed by atoms with Crippen LogP contribution in [0.15, 0.2) is 63.1 Å². The Kier molecular flexibility index (Phi) is 3.49. The molecule has 0 fully saturated rings. The summed E-state index contributed by atoms with van der Waals surface area (Å²) in [7, 11) is 3.06. The van der Waals surface area contributed by atoms with Crippen molar-refractivity contribution in [2.75, 3.05) is 19.1 Å². The Hall–Kier alpha value is -4.25. The van der Waals surface area contributed by atoms with Crippen molar-refractivity contribution in [3.63, 3.8) is 0 Å². The summed E-state index contributed by atoms with van der Waals surface area (Å²) in [5.41, 5.74) is 4.54. The number of carbonyl (C=O) groups is 1. The Morgan fingerprint density at radius 1 is 1.20 bits per heavy atom. The van der Waals surface area contributed by atoms with Gasteiger partial charge in [-0.1, -0.05) is 12.1 Å². The van der Waals surface area contributed by atoms with Crippen LogP contribution in [0.2, 0.25) is 0 Å². The molecule has 2 N–H and O–H groups in total. The zero-order valence-corrected chi connectivity index (χ0v) is 16.1. The molecule has 0 bridgehead atoms. The summed E-state index contributed by atoms with van der Waals surface area (Å²) in [6.07, 6.45) is 0. The molecule has 30 heavy (non-hydrogen) atoms. The molecule has 2 aromatic carbocycles. The second-order valence-electron chi connectivity index (χ2n) is 7.04. The van der Waals surface area contributed by atoms with E-state index in [0.29, 0.717) is 22.4 Å². The van der Waals surface area contributed by atoms with Gasteiger partial charge in [-0.15, -0.1) is 0 Å². The van der Waals surface area contributed by atoms with E-state index in [9.17, 15) is 14.9 Å². The number of benzene rings is 2. The molecule has 1 atom stereocenters. The van der Waals surface area contributed by atoms with E-state index < -0.39 is 16.9 Å². The Balaban J connectivity index is 2.02. The van der Waals surface area contributed by atoms with E-state index in [1.807, 2.05) is 6.07 Å². The average molecular weight is 401 g/mol. The van der Waals surface area contributed by atoms with Crippen LogP contribution >= 0.6 is 0 Å². The summed E-state index contributed by atoms with van der Waals surface area (Å²) in [6.45, 7) is 0. The molecule has 5 rings (SSSR count). The van der Waals surface area contributed by atoms with Crippen molar-refractivity contribution in [2.24, 2.45) is 5.73 Å². The lowest BCUT2D eigenvalue weighted by Gasteiger charge is -2.33. The summed E-state index contributed by atoms with van der Waals surface area (Å²) in [4.78, 5) is 28.3. The molecule has 1 unspecified atom stereocenters. The highest BCUT2D eigenvalue weighted by atomic mass is 16.5. The van der Waals surface area contributed by atoms with Crippen LogP contribution in [0.5, 0.6) is 11.5 Å². The quantitative estimate of drug-likeness (QED) is 0.621. The van der Waals surface area contributed by atoms with Gasteiger partial charge in [0.25, 0.3) is 0 Å². The van der Waals surface area contributed by atoms with Crippen molar-refractivity contribution in [3.8, 4) is 17.6 Å². The smallest absolute Gasteiger partial charge is 0.345 e. The van der Waals surface area contributed by atoms with Gasteiger partial charge in [-0.25, -0.2) is 4.79 Å². The van der Waals surface area contributed by atoms with Gasteiger partial charge in [-0.3, -0.25) is 4.79 Å². The molecule has 0 saturated carbocycles. The summed E-state index contributed by atoms with van der Waals surface area (Å²) < 4.78 is 16.6. The number of likely N-dealkylation sites (N-methyl/N-ethyl adjacent to an activating group) is 1. The van der Waals surface area contributed by atoms with Gasteiger partial charge in [-0.05, 0) is 30.3 Å². The van der Waals surface area contributed by atoms with Crippen LogP contribution in [-0.2, 0) is 10.2 Å². The van der Waals surface area contributed by atoms with Crippen molar-refractivity contribution in [2.45, 2.75) is 5.41 Å². The average Bonchev–Trinajstić information content (AvgIpc) is 2.96. The summed E-state index contributed by atoms with van der Waals surface area (Å²) in [6, 6.07) is 13.8. The lowest BCUT2D eigenvalue weighted by Crippen LogP contribution is -2.47. The Morgan fingerprint density at radius 2 is 1.97 bits per heavy atom. The summed E-state index contributed by atoms with van der Waals surface area (Å²) in [5.74, 6) is -0.170. The zero-order valence-electron chi connectivity index (χ0n) is 16.1. The van der Waals surface area contributed by atoms with Gasteiger partial charge in [0.2, 0.25) is 11.8 Å². The first-order valence-corrected chi connectivity index (χ1v) is 9.06. The molecular weight excluding hydrogens is 386 g/mol. The normalized spacial score (nSPS) is 19.5. The maximum atomic E-state index is 13.7. The third kappa shape index (κ3) is 1.93. The maximum absolute atomic E-state index is 13.7. The first-order valence-electron chi connectivity index (χ1n) is 9.06. The fraction of sp³-hybridized carbons (Fsp3) is 0.136. The highest BCUT2D eigenvalue weighted by molar-refractivity contribution is 6.14. The molecule has 0 saturated heterocycles. The van der Waals surface area contributed by atoms with Crippen LogP contribution in [0.1, 0.15) is 11.1 Å². The van der Waals surface area contributed by atoms with Gasteiger partial charge >= 0.3 is 5.63 Å². The number of fused-ring (bicyclic) bond motifs is 6. The minimum absolute atomic E-state index is 0.0733. The largest absolute Gasteiger partial charge is 0.497 e. The van der Waals surface area contributed by atoms with Crippen LogP contribution in [0.3, 0.4) is 0 Å². The van der Waals surface area contributed by atoms with Gasteiger partial charge in [0.1, 0.15) is 28.5 Å². The number of hydrogen-bond acceptors (Lipinski definition) is 7. The number of methoxy groups -OCH3 is 1. The molecule has 1 amide bonds. The summed E-state index contributed by atoms with van der Waals surface area (Å²) >= 11 is 0. The van der Waals surface area contributed by atoms with Gasteiger partial charge in [0.15, 0.2) is 11.2 Å². The Morgan fingerprint density at radius 3 is 2.70 bits per heavy atom. The number of anilines is 1. The van der Waals surface area contributed by atoms with Gasteiger partial charge in [-0.2, -0.15) is 5.26 Å². The van der Waals surface area contributed by atoms with Crippen LogP contribution in [0.4, 0.5) is 5.69 Å². The maximum Gasteiger partial charge on any atom is 0.345 e. The van der Waals surface area contributed by atoms with Crippen molar-refractivity contribution < 1.29 is 18.7 Å². The van der Waals surface area contributed by atoms with Crippen LogP contribution in [-0.4, -0.2) is 20.1 Å². The standard InChI is InChI=1S/C22H15N3O5/c1-25-15-8-7-11(28-2)9-13(15)22(21(25)27)14(10-23)19(24)30-18-12-5-3-4-6-16(12)29-20(26)17(18)22/h3-9H,24H2,1-2H3. The van der Waals surface area contributed by atoms with Crippen LogP contribution < -0.4 is 25.7 Å². The second-order valence-corrected chi connectivity index (χ2v) is 7.04. The topological polar surface area (TPSA) is 119 Å². The number of carbonyl (C=O) groups excluding carboxylic acids is 1. The fourth-order valence-electron chi connectivity index (χ4n) is 4.35. The second kappa shape index (κ2) is 5.87. The molecule has 2 aliphatic heterocycles. The lowest BCUT2D eigenvalue weighted by molar-refractivity contribution is -0.120. The Labute approximate surface area is 170 Å². The van der Waals surface area contributed by atoms with Gasteiger partial charge in [0.05, 0.1) is 12.5 Å². The monoisotopic (exact) mass is 401 g/mol. The third-order valence-corrected chi connectivity index (χ3v) is 5.68. The van der Waals surface area contributed by atoms with E-state index in [2.05, 4.69) is 0 Å². The number of ether oxygens (including phenoxy) is 2. The van der Waals surface area contributed by atoms with E-state index in [0.717, 1.165) is 0 Å². The van der Waals surface area contributed by atoms with E-state index in [1.165, 1.54) is 12.0 Å². The highest BCUT2D eigenvalue weighted by Gasteiger charge is 2.60.